The Morgan fingerprint density at radius 1 is 1.13 bits per heavy atom. The zero-order chi connectivity index (χ0) is 15.8. The lowest BCUT2D eigenvalue weighted by atomic mass is 9.73. The third kappa shape index (κ3) is 2.66. The van der Waals surface area contributed by atoms with Crippen LogP contribution in [0.25, 0.3) is 0 Å². The van der Waals surface area contributed by atoms with Crippen LogP contribution in [-0.4, -0.2) is 31.6 Å². The van der Waals surface area contributed by atoms with Crippen LogP contribution in [0.3, 0.4) is 0 Å². The summed E-state index contributed by atoms with van der Waals surface area (Å²) in [6.07, 6.45) is 3.66. The molecular weight excluding hydrogens is 282 g/mol. The van der Waals surface area contributed by atoms with E-state index in [4.69, 9.17) is 4.74 Å². The third-order valence-corrected chi connectivity index (χ3v) is 5.85. The van der Waals surface area contributed by atoms with E-state index >= 15 is 0 Å². The predicted molar refractivity (Wildman–Crippen MR) is 94.1 cm³/mol. The predicted octanol–water partition coefficient (Wildman–Crippen LogP) is 3.90. The van der Waals surface area contributed by atoms with Gasteiger partial charge in [0.15, 0.2) is 0 Å². The molecule has 0 radical (unpaired) electrons. The maximum atomic E-state index is 5.40. The second kappa shape index (κ2) is 6.01. The first kappa shape index (κ1) is 14.8. The van der Waals surface area contributed by atoms with E-state index in [2.05, 4.69) is 60.5 Å². The van der Waals surface area contributed by atoms with Gasteiger partial charge < -0.3 is 9.64 Å². The van der Waals surface area contributed by atoms with E-state index in [0.717, 1.165) is 11.7 Å². The minimum atomic E-state index is 0.664. The van der Waals surface area contributed by atoms with Crippen LogP contribution in [0.1, 0.15) is 29.0 Å². The summed E-state index contributed by atoms with van der Waals surface area (Å²) in [7, 11) is 4.06. The Hall–Kier alpha value is -1.80. The first-order valence-corrected chi connectivity index (χ1v) is 8.67. The number of ether oxygens (including phenoxy) is 1. The molecule has 3 atom stereocenters. The van der Waals surface area contributed by atoms with Crippen molar-refractivity contribution in [1.29, 1.82) is 0 Å². The molecule has 0 spiro atoms. The Morgan fingerprint density at radius 2 is 1.96 bits per heavy atom. The van der Waals surface area contributed by atoms with Gasteiger partial charge in [0, 0.05) is 18.5 Å². The molecule has 1 saturated heterocycles. The molecule has 2 aromatic carbocycles. The summed E-state index contributed by atoms with van der Waals surface area (Å²) in [5.74, 6) is 2.46. The maximum absolute atomic E-state index is 5.40. The molecule has 1 heterocycles. The SMILES string of the molecule is COc1ccc2c(c1)CCC1C2CN(C)C1Cc1ccccc1. The van der Waals surface area contributed by atoms with Crippen molar-refractivity contribution < 1.29 is 4.74 Å². The summed E-state index contributed by atoms with van der Waals surface area (Å²) < 4.78 is 5.40. The minimum Gasteiger partial charge on any atom is -0.497 e. The Balaban J connectivity index is 1.60. The van der Waals surface area contributed by atoms with Crippen molar-refractivity contribution in [2.45, 2.75) is 31.2 Å². The van der Waals surface area contributed by atoms with Gasteiger partial charge in [-0.25, -0.2) is 0 Å². The highest BCUT2D eigenvalue weighted by Gasteiger charge is 2.42. The van der Waals surface area contributed by atoms with Crippen LogP contribution in [0.15, 0.2) is 48.5 Å². The van der Waals surface area contributed by atoms with E-state index in [-0.39, 0.29) is 0 Å². The van der Waals surface area contributed by atoms with E-state index in [0.29, 0.717) is 12.0 Å². The smallest absolute Gasteiger partial charge is 0.119 e. The van der Waals surface area contributed by atoms with Gasteiger partial charge >= 0.3 is 0 Å². The van der Waals surface area contributed by atoms with Crippen LogP contribution >= 0.6 is 0 Å². The normalized spacial score (nSPS) is 26.6. The second-order valence-corrected chi connectivity index (χ2v) is 7.07. The Kier molecular flexibility index (Phi) is 3.86. The molecule has 3 unspecified atom stereocenters. The van der Waals surface area contributed by atoms with E-state index < -0.39 is 0 Å². The van der Waals surface area contributed by atoms with Gasteiger partial charge in [-0.05, 0) is 61.1 Å². The highest BCUT2D eigenvalue weighted by molar-refractivity contribution is 5.41. The topological polar surface area (TPSA) is 12.5 Å². The van der Waals surface area contributed by atoms with Crippen LogP contribution < -0.4 is 4.74 Å². The zero-order valence-corrected chi connectivity index (χ0v) is 14.0. The van der Waals surface area contributed by atoms with E-state index in [9.17, 15) is 0 Å². The van der Waals surface area contributed by atoms with Crippen molar-refractivity contribution in [3.05, 3.63) is 65.2 Å². The van der Waals surface area contributed by atoms with Crippen molar-refractivity contribution in [3.63, 3.8) is 0 Å². The lowest BCUT2D eigenvalue weighted by molar-refractivity contribution is 0.259. The van der Waals surface area contributed by atoms with Crippen LogP contribution in [0.5, 0.6) is 5.75 Å². The first-order chi connectivity index (χ1) is 11.3. The van der Waals surface area contributed by atoms with Crippen molar-refractivity contribution in [2.24, 2.45) is 5.92 Å². The lowest BCUT2D eigenvalue weighted by Crippen LogP contribution is -2.32. The molecule has 0 aromatic heterocycles. The standard InChI is InChI=1S/C21H25NO/c1-22-14-20-18-11-9-17(23-2)13-16(18)8-10-19(20)21(22)12-15-6-4-3-5-7-15/h3-7,9,11,13,19-21H,8,10,12,14H2,1-2H3. The van der Waals surface area contributed by atoms with Gasteiger partial charge in [0.05, 0.1) is 7.11 Å². The van der Waals surface area contributed by atoms with Crippen molar-refractivity contribution in [3.8, 4) is 5.75 Å². The molecule has 120 valence electrons. The fraction of sp³-hybridized carbons (Fsp3) is 0.429. The summed E-state index contributed by atoms with van der Waals surface area (Å²) >= 11 is 0. The number of rotatable bonds is 3. The monoisotopic (exact) mass is 307 g/mol. The van der Waals surface area contributed by atoms with Crippen LogP contribution in [0.4, 0.5) is 0 Å². The molecule has 23 heavy (non-hydrogen) atoms. The Bertz CT molecular complexity index is 681. The number of likely N-dealkylation sites (tertiary alicyclic amines) is 1. The minimum absolute atomic E-state index is 0.664. The fourth-order valence-electron chi connectivity index (χ4n) is 4.67. The molecule has 0 saturated carbocycles. The van der Waals surface area contributed by atoms with Gasteiger partial charge in [-0.3, -0.25) is 0 Å². The number of aryl methyl sites for hydroxylation is 1. The molecule has 2 heteroatoms. The molecule has 1 fully saturated rings. The van der Waals surface area contributed by atoms with E-state index in [1.807, 2.05) is 0 Å². The summed E-state index contributed by atoms with van der Waals surface area (Å²) in [5.41, 5.74) is 4.52. The Morgan fingerprint density at radius 3 is 2.74 bits per heavy atom. The number of likely N-dealkylation sites (N-methyl/N-ethyl adjacent to an activating group) is 1. The van der Waals surface area contributed by atoms with Gasteiger partial charge in [0.1, 0.15) is 5.75 Å². The molecule has 2 nitrogen and oxygen atoms in total. The molecule has 0 amide bonds. The molecule has 1 aliphatic carbocycles. The van der Waals surface area contributed by atoms with E-state index in [1.54, 1.807) is 12.7 Å². The largest absolute Gasteiger partial charge is 0.497 e. The van der Waals surface area contributed by atoms with Gasteiger partial charge in [-0.1, -0.05) is 36.4 Å². The molecule has 2 aliphatic rings. The van der Waals surface area contributed by atoms with Crippen LogP contribution in [0, 0.1) is 5.92 Å². The third-order valence-electron chi connectivity index (χ3n) is 5.85. The summed E-state index contributed by atoms with van der Waals surface area (Å²) in [6.45, 7) is 1.18. The number of hydrogen-bond acceptors (Lipinski definition) is 2. The zero-order valence-electron chi connectivity index (χ0n) is 14.0. The Labute approximate surface area is 139 Å². The van der Waals surface area contributed by atoms with Crippen molar-refractivity contribution >= 4 is 0 Å². The number of hydrogen-bond donors (Lipinski definition) is 0. The highest BCUT2D eigenvalue weighted by Crippen LogP contribution is 2.45. The average Bonchev–Trinajstić information content (AvgIpc) is 2.91. The maximum Gasteiger partial charge on any atom is 0.119 e. The average molecular weight is 307 g/mol. The van der Waals surface area contributed by atoms with Gasteiger partial charge in [-0.15, -0.1) is 0 Å². The molecule has 0 bridgehead atoms. The summed E-state index contributed by atoms with van der Waals surface area (Å²) in [6, 6.07) is 18.3. The number of nitrogens with zero attached hydrogens (tertiary/aromatic N) is 1. The van der Waals surface area contributed by atoms with Crippen molar-refractivity contribution in [1.82, 2.24) is 4.90 Å². The second-order valence-electron chi connectivity index (χ2n) is 7.07. The van der Waals surface area contributed by atoms with Gasteiger partial charge in [0.25, 0.3) is 0 Å². The van der Waals surface area contributed by atoms with Gasteiger partial charge in [-0.2, -0.15) is 0 Å². The molecular formula is C21H25NO. The summed E-state index contributed by atoms with van der Waals surface area (Å²) in [4.78, 5) is 2.58. The lowest BCUT2D eigenvalue weighted by Gasteiger charge is -2.31. The molecule has 2 aromatic rings. The fourth-order valence-corrected chi connectivity index (χ4v) is 4.67. The first-order valence-electron chi connectivity index (χ1n) is 8.67. The number of fused-ring (bicyclic) bond motifs is 3. The van der Waals surface area contributed by atoms with Gasteiger partial charge in [0.2, 0.25) is 0 Å². The highest BCUT2D eigenvalue weighted by atomic mass is 16.5. The molecule has 4 rings (SSSR count). The van der Waals surface area contributed by atoms with E-state index in [1.165, 1.54) is 36.9 Å². The van der Waals surface area contributed by atoms with Crippen LogP contribution in [-0.2, 0) is 12.8 Å². The number of methoxy groups -OCH3 is 1. The molecule has 1 aliphatic heterocycles. The number of benzene rings is 2. The van der Waals surface area contributed by atoms with Crippen molar-refractivity contribution in [2.75, 3.05) is 20.7 Å². The van der Waals surface area contributed by atoms with Crippen LogP contribution in [0.2, 0.25) is 0 Å². The quantitative estimate of drug-likeness (QED) is 0.853. The summed E-state index contributed by atoms with van der Waals surface area (Å²) in [5, 5.41) is 0. The molecule has 0 N–H and O–H groups in total.